The lowest BCUT2D eigenvalue weighted by Crippen LogP contribution is -2.34. The van der Waals surface area contributed by atoms with Gasteiger partial charge in [-0.2, -0.15) is 0 Å². The molecule has 0 aliphatic rings. The van der Waals surface area contributed by atoms with Crippen molar-refractivity contribution in [3.63, 3.8) is 0 Å². The lowest BCUT2D eigenvalue weighted by atomic mass is 10.1. The van der Waals surface area contributed by atoms with Gasteiger partial charge in [0.25, 0.3) is 5.69 Å². The highest BCUT2D eigenvalue weighted by atomic mass is 19.1. The number of carbonyl (C=O) groups is 2. The maximum Gasteiger partial charge on any atom is 0.283 e. The van der Waals surface area contributed by atoms with Crippen LogP contribution in [0.25, 0.3) is 0 Å². The van der Waals surface area contributed by atoms with Gasteiger partial charge in [-0.15, -0.1) is 0 Å². The first-order chi connectivity index (χ1) is 13.5. The summed E-state index contributed by atoms with van der Waals surface area (Å²) in [4.78, 5) is 35.1. The molecule has 0 heterocycles. The number of benzene rings is 1. The summed E-state index contributed by atoms with van der Waals surface area (Å²) in [5.74, 6) is -1.51. The lowest BCUT2D eigenvalue weighted by Gasteiger charge is -2.22. The maximum atomic E-state index is 13.9. The number of hydrogen-bond donors (Lipinski definition) is 1. The van der Waals surface area contributed by atoms with Crippen LogP contribution in [-0.4, -0.2) is 53.4 Å². The third-order valence-electron chi connectivity index (χ3n) is 4.23. The molecule has 156 valence electrons. The molecule has 0 aliphatic heterocycles. The Morgan fingerprint density at radius 3 is 2.64 bits per heavy atom. The highest BCUT2D eigenvalue weighted by molar-refractivity contribution is 5.85. The molecule has 1 aromatic carbocycles. The van der Waals surface area contributed by atoms with Crippen LogP contribution < -0.4 is 4.74 Å². The van der Waals surface area contributed by atoms with Gasteiger partial charge in [-0.1, -0.05) is 26.2 Å². The van der Waals surface area contributed by atoms with Crippen LogP contribution in [0.4, 0.5) is 10.1 Å². The number of aldehydes is 1. The number of nitro benzene ring substituents is 1. The Kier molecular flexibility index (Phi) is 10.7. The molecule has 0 bridgehead atoms. The van der Waals surface area contributed by atoms with Crippen molar-refractivity contribution in [1.82, 2.24) is 4.90 Å². The number of aliphatic hydroxyl groups excluding tert-OH is 1. The van der Waals surface area contributed by atoms with Gasteiger partial charge in [-0.05, 0) is 18.9 Å². The summed E-state index contributed by atoms with van der Waals surface area (Å²) in [6, 6.07) is 1.77. The van der Waals surface area contributed by atoms with E-state index in [0.29, 0.717) is 6.54 Å². The molecule has 0 aromatic heterocycles. The van der Waals surface area contributed by atoms with Gasteiger partial charge in [-0.25, -0.2) is 4.39 Å². The number of nitrogens with zero attached hydrogens (tertiary/aromatic N) is 2. The monoisotopic (exact) mass is 398 g/mol. The Hall–Kier alpha value is -2.55. The molecule has 1 rings (SSSR count). The Bertz CT molecular complexity index is 668. The molecular formula is C19H27FN2O6. The van der Waals surface area contributed by atoms with Crippen LogP contribution >= 0.6 is 0 Å². The normalized spacial score (nSPS) is 10.5. The predicted octanol–water partition coefficient (Wildman–Crippen LogP) is 3.11. The van der Waals surface area contributed by atoms with E-state index < -0.39 is 27.7 Å². The SMILES string of the molecule is CCCCCCN(CCO)C(=O)CCCOc1c(F)ccc([N+](=O)[O-])c1C=O. The molecule has 0 spiro atoms. The summed E-state index contributed by atoms with van der Waals surface area (Å²) in [7, 11) is 0. The summed E-state index contributed by atoms with van der Waals surface area (Å²) < 4.78 is 19.1. The van der Waals surface area contributed by atoms with Gasteiger partial charge in [0.05, 0.1) is 18.1 Å². The number of rotatable bonds is 14. The van der Waals surface area contributed by atoms with Crippen LogP contribution in [0.5, 0.6) is 5.75 Å². The molecule has 0 radical (unpaired) electrons. The molecule has 1 aromatic rings. The maximum absolute atomic E-state index is 13.9. The molecule has 28 heavy (non-hydrogen) atoms. The molecule has 9 heteroatoms. The van der Waals surface area contributed by atoms with Crippen LogP contribution in [0.2, 0.25) is 0 Å². The zero-order chi connectivity index (χ0) is 20.9. The van der Waals surface area contributed by atoms with E-state index in [2.05, 4.69) is 6.92 Å². The number of unbranched alkanes of at least 4 members (excludes halogenated alkanes) is 3. The molecule has 0 unspecified atom stereocenters. The second-order valence-corrected chi connectivity index (χ2v) is 6.30. The second kappa shape index (κ2) is 12.8. The van der Waals surface area contributed by atoms with E-state index in [1.54, 1.807) is 4.90 Å². The van der Waals surface area contributed by atoms with Gasteiger partial charge in [0.2, 0.25) is 5.91 Å². The van der Waals surface area contributed by atoms with Crippen molar-refractivity contribution in [2.45, 2.75) is 45.4 Å². The minimum atomic E-state index is -0.878. The van der Waals surface area contributed by atoms with E-state index in [4.69, 9.17) is 9.84 Å². The number of nitro groups is 1. The first kappa shape index (κ1) is 23.5. The molecule has 0 saturated carbocycles. The van der Waals surface area contributed by atoms with Crippen molar-refractivity contribution < 1.29 is 28.7 Å². The fourth-order valence-corrected chi connectivity index (χ4v) is 2.75. The third kappa shape index (κ3) is 7.22. The Labute approximate surface area is 163 Å². The van der Waals surface area contributed by atoms with E-state index in [9.17, 15) is 24.1 Å². The summed E-state index contributed by atoms with van der Waals surface area (Å²) >= 11 is 0. The van der Waals surface area contributed by atoms with E-state index in [0.717, 1.165) is 37.8 Å². The van der Waals surface area contributed by atoms with Crippen LogP contribution in [0.3, 0.4) is 0 Å². The number of ether oxygens (including phenoxy) is 1. The van der Waals surface area contributed by atoms with Crippen molar-refractivity contribution in [3.8, 4) is 5.75 Å². The molecule has 1 amide bonds. The van der Waals surface area contributed by atoms with Crippen molar-refractivity contribution in [2.75, 3.05) is 26.3 Å². The topological polar surface area (TPSA) is 110 Å². The Morgan fingerprint density at radius 1 is 1.29 bits per heavy atom. The van der Waals surface area contributed by atoms with E-state index in [1.807, 2.05) is 0 Å². The fourth-order valence-electron chi connectivity index (χ4n) is 2.75. The smallest absolute Gasteiger partial charge is 0.283 e. The van der Waals surface area contributed by atoms with E-state index >= 15 is 0 Å². The predicted molar refractivity (Wildman–Crippen MR) is 101 cm³/mol. The largest absolute Gasteiger partial charge is 0.489 e. The second-order valence-electron chi connectivity index (χ2n) is 6.30. The number of halogens is 1. The minimum Gasteiger partial charge on any atom is -0.489 e. The Morgan fingerprint density at radius 2 is 2.04 bits per heavy atom. The van der Waals surface area contributed by atoms with Gasteiger partial charge >= 0.3 is 0 Å². The van der Waals surface area contributed by atoms with Crippen molar-refractivity contribution in [2.24, 2.45) is 0 Å². The van der Waals surface area contributed by atoms with Gasteiger partial charge in [0, 0.05) is 25.6 Å². The first-order valence-corrected chi connectivity index (χ1v) is 9.39. The molecular weight excluding hydrogens is 371 g/mol. The van der Waals surface area contributed by atoms with Gasteiger partial charge < -0.3 is 14.7 Å². The number of hydrogen-bond acceptors (Lipinski definition) is 6. The van der Waals surface area contributed by atoms with Crippen molar-refractivity contribution >= 4 is 17.9 Å². The van der Waals surface area contributed by atoms with E-state index in [1.165, 1.54) is 0 Å². The standard InChI is InChI=1S/C19H27FN2O6/c1-2-3-4-5-10-21(11-12-23)18(25)7-6-13-28-19-15(14-24)17(22(26)27)9-8-16(19)20/h8-9,14,23H,2-7,10-13H2,1H3. The third-order valence-corrected chi connectivity index (χ3v) is 4.23. The lowest BCUT2D eigenvalue weighted by molar-refractivity contribution is -0.385. The highest BCUT2D eigenvalue weighted by Gasteiger charge is 2.22. The summed E-state index contributed by atoms with van der Waals surface area (Å²) in [6.45, 7) is 2.71. The first-order valence-electron chi connectivity index (χ1n) is 9.39. The van der Waals surface area contributed by atoms with Crippen LogP contribution in [0.15, 0.2) is 12.1 Å². The van der Waals surface area contributed by atoms with Crippen LogP contribution in [-0.2, 0) is 4.79 Å². The zero-order valence-corrected chi connectivity index (χ0v) is 16.1. The minimum absolute atomic E-state index is 0.0759. The number of aliphatic hydroxyl groups is 1. The average molecular weight is 398 g/mol. The fraction of sp³-hybridized carbons (Fsp3) is 0.579. The molecule has 1 N–H and O–H groups in total. The molecule has 0 saturated heterocycles. The summed E-state index contributed by atoms with van der Waals surface area (Å²) in [6.07, 6.45) is 4.59. The number of amides is 1. The van der Waals surface area contributed by atoms with Crippen LogP contribution in [0, 0.1) is 15.9 Å². The highest BCUT2D eigenvalue weighted by Crippen LogP contribution is 2.29. The zero-order valence-electron chi connectivity index (χ0n) is 16.1. The van der Waals surface area contributed by atoms with Crippen molar-refractivity contribution in [3.05, 3.63) is 33.6 Å². The van der Waals surface area contributed by atoms with Crippen LogP contribution in [0.1, 0.15) is 55.8 Å². The molecule has 0 aliphatic carbocycles. The number of carbonyl (C=O) groups excluding carboxylic acids is 2. The van der Waals surface area contributed by atoms with Crippen molar-refractivity contribution in [1.29, 1.82) is 0 Å². The van der Waals surface area contributed by atoms with E-state index in [-0.39, 0.29) is 44.8 Å². The molecule has 8 nitrogen and oxygen atoms in total. The van der Waals surface area contributed by atoms with Gasteiger partial charge in [-0.3, -0.25) is 19.7 Å². The van der Waals surface area contributed by atoms with Gasteiger partial charge in [0.1, 0.15) is 5.56 Å². The average Bonchev–Trinajstić information content (AvgIpc) is 2.67. The van der Waals surface area contributed by atoms with Gasteiger partial charge in [0.15, 0.2) is 17.9 Å². The summed E-state index contributed by atoms with van der Waals surface area (Å²) in [5.41, 5.74) is -1.00. The Balaban J connectivity index is 2.59. The summed E-state index contributed by atoms with van der Waals surface area (Å²) in [5, 5.41) is 20.0. The quantitative estimate of drug-likeness (QED) is 0.223. The molecule has 0 atom stereocenters. The molecule has 0 fully saturated rings.